The summed E-state index contributed by atoms with van der Waals surface area (Å²) < 4.78 is 36.2. The molecule has 14 amide bonds. The first-order valence-electron chi connectivity index (χ1n) is 52.2. The van der Waals surface area contributed by atoms with Crippen LogP contribution in [0.5, 0.6) is 0 Å². The zero-order chi connectivity index (χ0) is 112. The molecule has 19 atom stereocenters. The molecule has 3 unspecified atom stereocenters. The van der Waals surface area contributed by atoms with Gasteiger partial charge in [0.1, 0.15) is 38.0 Å². The Labute approximate surface area is 883 Å². The van der Waals surface area contributed by atoms with Gasteiger partial charge in [0, 0.05) is 139 Å². The average molecular weight is 2110 g/mol. The molecule has 0 aliphatic carbocycles. The van der Waals surface area contributed by atoms with Crippen molar-refractivity contribution in [3.05, 3.63) is 83.9 Å². The second-order valence-electron chi connectivity index (χ2n) is 40.0. The summed E-state index contributed by atoms with van der Waals surface area (Å²) in [5.74, 6) is -12.8. The molecule has 0 spiro atoms. The van der Waals surface area contributed by atoms with Gasteiger partial charge < -0.3 is 79.8 Å². The van der Waals surface area contributed by atoms with Gasteiger partial charge in [-0.25, -0.2) is 0 Å². The number of amides is 14. The Hall–Kier alpha value is -9.67. The molecule has 0 aromatic heterocycles. The summed E-state index contributed by atoms with van der Waals surface area (Å²) in [5, 5.41) is 30.8. The summed E-state index contributed by atoms with van der Waals surface area (Å²) in [6.07, 6.45) is 12.2. The molecule has 36 nitrogen and oxygen atoms in total. The fraction of sp³-hybridized carbons (Fsp3) is 0.701. The van der Waals surface area contributed by atoms with Crippen molar-refractivity contribution in [3.63, 3.8) is 0 Å². The van der Waals surface area contributed by atoms with Crippen molar-refractivity contribution in [1.29, 1.82) is 2.25 Å². The van der Waals surface area contributed by atoms with Gasteiger partial charge in [-0.15, -0.1) is 0 Å². The number of aliphatic carboxylic acids is 2. The molecule has 3 fully saturated rings. The van der Waals surface area contributed by atoms with E-state index in [-0.39, 0.29) is 177 Å². The van der Waals surface area contributed by atoms with Crippen LogP contribution in [0.1, 0.15) is 230 Å². The van der Waals surface area contributed by atoms with Crippen LogP contribution in [0.15, 0.2) is 72.8 Å². The van der Waals surface area contributed by atoms with Crippen molar-refractivity contribution >= 4 is 143 Å². The first-order chi connectivity index (χ1) is 70.0. The standard InChI is InChI=1S/C53H84N6O12S.C52H80N6O12.2CH4S/c1-13-34(6)48(40(70-10)29-43(62)58-26-20-23-38(58)49(71-11)35(7)39(60)28-37(53(68)69)27-36-21-16-14-17-22-36)57(9)52(67)46(32(2)3)55-50(65)47(33(4)5)56(8)45(64)31-54-42(61)24-18-15-19-25-59-44(63)30-41(72-12)51(59)66;1-12-34(6)48(40(69-10)30-44(63)57-27-19-22-38(57)49(70-11)35(7)39(59)29-37(52(67)68)28-36-20-15-13-16-21-36)56(9)51(66)46(32(2)3)54-50(65)47(33(4)5)55(8)45(64)31-53-41(60)23-17-14-18-26-58-42(61)24-25-43(58)62;2*1-2/h14,16-17,21-22,32-35,37-38,40-41,46-49H,13,15,18-20,23-31H2,1-12H3,(H,54,61)(H,55,65)(H,68,69);13,15-16,20-21,24-25,32-35,37-38,40,46-49H,12,14,17-19,22-23,26-31H2,1-11H3,(H,53,60)(H,54,65)(H,67,68);2*2H,1H3/t34-,35-,37+,38-,40+,41?,46-,47-,48?,49+;34-,35-,37+,38-,40+,46-,47-,48?,49+;;/m00../s1/i/hD2. The summed E-state index contributed by atoms with van der Waals surface area (Å²) >= 11 is 3.36. The molecule has 6 N–H and O–H groups in total. The van der Waals surface area contributed by atoms with Crippen molar-refractivity contribution < 1.29 is 115 Å². The summed E-state index contributed by atoms with van der Waals surface area (Å²) in [6.45, 7) is 26.4. The van der Waals surface area contributed by atoms with E-state index >= 15 is 0 Å². The van der Waals surface area contributed by atoms with Crippen LogP contribution in [0.3, 0.4) is 0 Å². The summed E-state index contributed by atoms with van der Waals surface area (Å²) in [6, 6.07) is 12.2. The summed E-state index contributed by atoms with van der Waals surface area (Å²) in [4.78, 5) is 250. The monoisotopic (exact) mass is 2110 g/mol. The van der Waals surface area contributed by atoms with E-state index in [9.17, 15) is 96.5 Å². The van der Waals surface area contributed by atoms with Gasteiger partial charge in [-0.05, 0) is 130 Å². The molecule has 0 saturated carbocycles. The lowest BCUT2D eigenvalue weighted by atomic mass is 9.85. The number of benzene rings is 2. The molecule has 3 saturated heterocycles. The number of methoxy groups -OCH3 is 4. The third-order valence-electron chi connectivity index (χ3n) is 28.7. The molecule has 4 aliphatic rings. The number of hydrogen-bond donors (Lipinski definition) is 8. The number of carbonyl (C=O) groups excluding carboxylic acids is 16. The predicted molar refractivity (Wildman–Crippen MR) is 568 cm³/mol. The maximum absolute atomic E-state index is 14.6. The van der Waals surface area contributed by atoms with Crippen LogP contribution < -0.4 is 21.3 Å². The van der Waals surface area contributed by atoms with Gasteiger partial charge in [0.2, 0.25) is 70.9 Å². The van der Waals surface area contributed by atoms with Crippen LogP contribution in [-0.4, -0.2) is 351 Å². The molecule has 4 heterocycles. The number of Topliss-reactive ketones (excluding diaryl/α,β-unsaturated/α-hetero) is 2. The highest BCUT2D eigenvalue weighted by Gasteiger charge is 2.48. The lowest BCUT2D eigenvalue weighted by Crippen LogP contribution is -2.60. The minimum Gasteiger partial charge on any atom is -0.481 e. The Morgan fingerprint density at radius 2 is 0.836 bits per heavy atom. The Bertz CT molecular complexity index is 4610. The number of unbranched alkanes of at least 4 members (excludes halogenated alkanes) is 4. The largest absolute Gasteiger partial charge is 0.481 e. The molecule has 0 bridgehead atoms. The molecule has 6 rings (SSSR count). The van der Waals surface area contributed by atoms with E-state index in [0.717, 1.165) is 41.1 Å². The number of nitrogens with one attached hydrogen (secondary N) is 4. The van der Waals surface area contributed by atoms with E-state index in [0.29, 0.717) is 96.7 Å². The van der Waals surface area contributed by atoms with Crippen molar-refractivity contribution in [3.8, 4) is 0 Å². The number of thioether (sulfide) groups is 1. The van der Waals surface area contributed by atoms with E-state index < -0.39 is 144 Å². The topological polar surface area (TPSA) is 459 Å². The number of rotatable bonds is 61. The van der Waals surface area contributed by atoms with E-state index in [4.69, 9.17) is 21.2 Å². The number of likely N-dealkylation sites (tertiary alicyclic amines) is 3. The van der Waals surface area contributed by atoms with Gasteiger partial charge in [0.25, 0.3) is 11.8 Å². The van der Waals surface area contributed by atoms with Crippen LogP contribution in [0.2, 0.25) is 0 Å². The number of nitrogens with zero attached hydrogens (tertiary/aromatic N) is 8. The van der Waals surface area contributed by atoms with Crippen molar-refractivity contribution in [2.24, 2.45) is 59.2 Å². The fourth-order valence-electron chi connectivity index (χ4n) is 19.9. The highest BCUT2D eigenvalue weighted by Crippen LogP contribution is 2.35. The minimum absolute atomic E-state index is 0.0873. The van der Waals surface area contributed by atoms with E-state index in [1.54, 1.807) is 108 Å². The Balaban J connectivity index is 0.000000722. The van der Waals surface area contributed by atoms with Crippen LogP contribution >= 0.6 is 36.8 Å². The molecule has 146 heavy (non-hydrogen) atoms. The number of likely N-dealkylation sites (N-methyl/N-ethyl adjacent to an activating group) is 4. The number of carbonyl (C=O) groups is 18. The maximum Gasteiger partial charge on any atom is 0.307 e. The van der Waals surface area contributed by atoms with E-state index in [1.807, 2.05) is 102 Å². The number of carboxylic acids is 2. The lowest BCUT2D eigenvalue weighted by Gasteiger charge is -2.41. The Morgan fingerprint density at radius 1 is 0.486 bits per heavy atom. The number of imide groups is 2. The highest BCUT2D eigenvalue weighted by molar-refractivity contribution is 8.00. The van der Waals surface area contributed by atoms with Crippen LogP contribution in [0, 0.1) is 59.2 Å². The zero-order valence-corrected chi connectivity index (χ0v) is 93.4. The van der Waals surface area contributed by atoms with E-state index in [1.165, 1.54) is 81.1 Å². The smallest absolute Gasteiger partial charge is 0.307 e. The Morgan fingerprint density at radius 3 is 1.14 bits per heavy atom. The van der Waals surface area contributed by atoms with Gasteiger partial charge in [0.05, 0.1) is 91.6 Å². The molecule has 39 heteroatoms. The lowest BCUT2D eigenvalue weighted by molar-refractivity contribution is -0.149. The quantitative estimate of drug-likeness (QED) is 0.0173. The normalized spacial score (nSPS) is 18.5. The summed E-state index contributed by atoms with van der Waals surface area (Å²) in [7, 11) is 12.2. The second-order valence-corrected chi connectivity index (χ2v) is 41.0. The maximum atomic E-state index is 14.6. The first-order valence-corrected chi connectivity index (χ1v) is 54.3. The van der Waals surface area contributed by atoms with Gasteiger partial charge in [0.15, 0.2) is 0 Å². The Kier molecular flexibility index (Phi) is 57.9. The van der Waals surface area contributed by atoms with Gasteiger partial charge in [-0.3, -0.25) is 96.1 Å². The minimum atomic E-state index is -1.06. The van der Waals surface area contributed by atoms with Crippen molar-refractivity contribution in [1.82, 2.24) is 60.5 Å². The third kappa shape index (κ3) is 39.0. The average Bonchev–Trinajstić information content (AvgIpc) is 1.66. The molecule has 2 aromatic rings. The SMILES string of the molecule is CC[C@H](C)C([C@@H](CC(=O)N1CCC[C@H]1[C@H](OC)[C@@H](C)C(=O)C[C@@H](Cc1ccccc1)C(=O)O)OC)N(C)C(=O)[C@@H](NC(=O)[C@H](C(C)C)N(C)C(=O)CNC(=O)CCCCCN1C(=O)C=CC1=O)C(C)C.CC[C@H](C)C([C@@H](CC(=O)N1CCC[C@H]1[C@H](OC)[C@@H](C)C(=O)C[C@@H](Cc1ccccc1)C(=O)O)OC)N(C)C(=O)[C@@H](NC(=O)[C@H](C(C)C)N(C)C(=O)CNC(=O)CCCCCN1C(=O)CC(SC)C1=O)C(C)C.[2H]SC.[2H]SC. The fourth-order valence-corrected chi connectivity index (χ4v) is 20.5. The van der Waals surface area contributed by atoms with Gasteiger partial charge in [-0.1, -0.05) is 183 Å². The number of ketones is 2. The highest BCUT2D eigenvalue weighted by atomic mass is 32.2. The third-order valence-corrected chi connectivity index (χ3v) is 29.6. The van der Waals surface area contributed by atoms with E-state index in [2.05, 4.69) is 21.3 Å². The van der Waals surface area contributed by atoms with Crippen molar-refractivity contribution in [2.45, 2.75) is 310 Å². The summed E-state index contributed by atoms with van der Waals surface area (Å²) in [5.41, 5.74) is 1.64. The number of hydrogen-bond acceptors (Lipinski definition) is 25. The van der Waals surface area contributed by atoms with Crippen LogP contribution in [-0.2, 0) is 118 Å². The molecular formula is C107H172N12O24S3. The predicted octanol–water partition coefficient (Wildman–Crippen LogP) is 9.73. The number of carboxylic acid groups (broad SMARTS) is 2. The number of ether oxygens (including phenoxy) is 4. The zero-order valence-electron chi connectivity index (χ0n) is 93.0. The van der Waals surface area contributed by atoms with Crippen molar-refractivity contribution in [2.75, 3.05) is 115 Å². The van der Waals surface area contributed by atoms with Gasteiger partial charge >= 0.3 is 11.9 Å². The molecule has 4 aliphatic heterocycles. The van der Waals surface area contributed by atoms with Crippen LogP contribution in [0.25, 0.3) is 0 Å². The molecule has 0 radical (unpaired) electrons. The second kappa shape index (κ2) is 66.7. The molecular weight excluding hydrogens is 1930 g/mol. The first kappa shape index (κ1) is 127. The number of thiol groups is 2. The van der Waals surface area contributed by atoms with Crippen LogP contribution in [0.4, 0.5) is 0 Å². The molecule has 822 valence electrons. The molecule has 2 aromatic carbocycles. The van der Waals surface area contributed by atoms with Gasteiger partial charge in [-0.2, -0.15) is 36.8 Å².